The van der Waals surface area contributed by atoms with Gasteiger partial charge in [0.1, 0.15) is 6.61 Å². The summed E-state index contributed by atoms with van der Waals surface area (Å²) >= 11 is 0. The standard InChI is InChI=1S/C14H18N6O/c1-2-7-20(8-3-1)14-10-11(17-6-9-21-10)18-13(19-14)12-15-4-5-16-12/h4-5H,1-3,6-9H2,(H,15,16)(H,17,18,19). The van der Waals surface area contributed by atoms with Gasteiger partial charge in [-0.3, -0.25) is 0 Å². The van der Waals surface area contributed by atoms with Crippen LogP contribution in [-0.4, -0.2) is 46.2 Å². The van der Waals surface area contributed by atoms with E-state index in [1.165, 1.54) is 19.3 Å². The number of imidazole rings is 1. The molecule has 2 aromatic rings. The van der Waals surface area contributed by atoms with Crippen molar-refractivity contribution in [3.63, 3.8) is 0 Å². The van der Waals surface area contributed by atoms with E-state index in [0.29, 0.717) is 18.3 Å². The van der Waals surface area contributed by atoms with Crippen LogP contribution in [-0.2, 0) is 0 Å². The average Bonchev–Trinajstić information content (AvgIpc) is 3.09. The third-order valence-corrected chi connectivity index (χ3v) is 3.85. The summed E-state index contributed by atoms with van der Waals surface area (Å²) in [6, 6.07) is 0. The Labute approximate surface area is 122 Å². The smallest absolute Gasteiger partial charge is 0.204 e. The number of piperidine rings is 1. The van der Waals surface area contributed by atoms with Crippen LogP contribution < -0.4 is 15.0 Å². The summed E-state index contributed by atoms with van der Waals surface area (Å²) in [7, 11) is 0. The molecule has 0 aliphatic carbocycles. The minimum atomic E-state index is 0.609. The molecule has 0 unspecified atom stereocenters. The highest BCUT2D eigenvalue weighted by molar-refractivity contribution is 5.69. The molecule has 0 amide bonds. The summed E-state index contributed by atoms with van der Waals surface area (Å²) < 4.78 is 5.82. The molecule has 4 rings (SSSR count). The first-order valence-electron chi connectivity index (χ1n) is 7.45. The fourth-order valence-corrected chi connectivity index (χ4v) is 2.83. The second-order valence-electron chi connectivity index (χ2n) is 5.31. The monoisotopic (exact) mass is 286 g/mol. The van der Waals surface area contributed by atoms with Crippen LogP contribution in [0.3, 0.4) is 0 Å². The Balaban J connectivity index is 1.80. The summed E-state index contributed by atoms with van der Waals surface area (Å²) in [4.78, 5) is 18.9. The lowest BCUT2D eigenvalue weighted by molar-refractivity contribution is 0.319. The van der Waals surface area contributed by atoms with E-state index in [1.54, 1.807) is 12.4 Å². The lowest BCUT2D eigenvalue weighted by Gasteiger charge is -2.31. The van der Waals surface area contributed by atoms with Gasteiger partial charge in [-0.1, -0.05) is 0 Å². The minimum absolute atomic E-state index is 0.609. The van der Waals surface area contributed by atoms with E-state index >= 15 is 0 Å². The molecule has 2 aliphatic rings. The van der Waals surface area contributed by atoms with Gasteiger partial charge in [-0.25, -0.2) is 15.0 Å². The number of fused-ring (bicyclic) bond motifs is 1. The fourth-order valence-electron chi connectivity index (χ4n) is 2.83. The second kappa shape index (κ2) is 5.23. The zero-order valence-corrected chi connectivity index (χ0v) is 11.8. The number of hydrogen-bond donors (Lipinski definition) is 2. The molecule has 0 atom stereocenters. The van der Waals surface area contributed by atoms with Crippen molar-refractivity contribution in [2.45, 2.75) is 19.3 Å². The molecule has 0 radical (unpaired) electrons. The van der Waals surface area contributed by atoms with Crippen LogP contribution in [0, 0.1) is 0 Å². The van der Waals surface area contributed by atoms with Crippen LogP contribution >= 0.6 is 0 Å². The van der Waals surface area contributed by atoms with E-state index in [0.717, 1.165) is 37.0 Å². The first-order chi connectivity index (χ1) is 10.4. The number of hydrogen-bond acceptors (Lipinski definition) is 6. The number of H-pyrrole nitrogens is 1. The molecular formula is C14H18N6O. The molecule has 110 valence electrons. The lowest BCUT2D eigenvalue weighted by Crippen LogP contribution is -2.32. The van der Waals surface area contributed by atoms with Gasteiger partial charge in [0.25, 0.3) is 0 Å². The van der Waals surface area contributed by atoms with Crippen LogP contribution in [0.25, 0.3) is 11.6 Å². The van der Waals surface area contributed by atoms with E-state index in [1.807, 2.05) is 0 Å². The highest BCUT2D eigenvalue weighted by Gasteiger charge is 2.25. The summed E-state index contributed by atoms with van der Waals surface area (Å²) in [5.41, 5.74) is 0. The van der Waals surface area contributed by atoms with Gasteiger partial charge in [0.15, 0.2) is 23.3 Å². The normalized spacial score (nSPS) is 17.8. The van der Waals surface area contributed by atoms with Crippen molar-refractivity contribution < 1.29 is 4.74 Å². The maximum Gasteiger partial charge on any atom is 0.204 e. The van der Waals surface area contributed by atoms with Crippen LogP contribution in [0.2, 0.25) is 0 Å². The third kappa shape index (κ3) is 2.28. The first kappa shape index (κ1) is 12.4. The number of aromatic nitrogens is 4. The van der Waals surface area contributed by atoms with Crippen LogP contribution in [0.5, 0.6) is 5.75 Å². The highest BCUT2D eigenvalue weighted by atomic mass is 16.5. The number of aromatic amines is 1. The first-order valence-corrected chi connectivity index (χ1v) is 7.45. The van der Waals surface area contributed by atoms with E-state index in [2.05, 4.69) is 25.2 Å². The predicted octanol–water partition coefficient (Wildman–Crippen LogP) is 1.66. The average molecular weight is 286 g/mol. The summed E-state index contributed by atoms with van der Waals surface area (Å²) in [6.07, 6.45) is 7.17. The molecule has 0 spiro atoms. The molecule has 21 heavy (non-hydrogen) atoms. The molecule has 7 nitrogen and oxygen atoms in total. The zero-order valence-electron chi connectivity index (χ0n) is 11.8. The van der Waals surface area contributed by atoms with Gasteiger partial charge < -0.3 is 19.9 Å². The van der Waals surface area contributed by atoms with Gasteiger partial charge in [-0.2, -0.15) is 0 Å². The van der Waals surface area contributed by atoms with Gasteiger partial charge >= 0.3 is 0 Å². The number of rotatable bonds is 2. The predicted molar refractivity (Wildman–Crippen MR) is 79.7 cm³/mol. The Morgan fingerprint density at radius 3 is 2.86 bits per heavy atom. The van der Waals surface area contributed by atoms with Gasteiger partial charge in [0.2, 0.25) is 5.75 Å². The van der Waals surface area contributed by atoms with Crippen LogP contribution in [0.4, 0.5) is 11.6 Å². The molecule has 2 aromatic heterocycles. The fraction of sp³-hybridized carbons (Fsp3) is 0.500. The third-order valence-electron chi connectivity index (χ3n) is 3.85. The quantitative estimate of drug-likeness (QED) is 0.874. The molecule has 0 bridgehead atoms. The molecule has 4 heterocycles. The minimum Gasteiger partial charge on any atom is -0.485 e. The lowest BCUT2D eigenvalue weighted by atomic mass is 10.1. The number of anilines is 2. The number of nitrogens with one attached hydrogen (secondary N) is 2. The Kier molecular flexibility index (Phi) is 3.10. The Morgan fingerprint density at radius 2 is 2.05 bits per heavy atom. The van der Waals surface area contributed by atoms with E-state index < -0.39 is 0 Å². The number of nitrogens with zero attached hydrogens (tertiary/aromatic N) is 4. The molecule has 1 saturated heterocycles. The van der Waals surface area contributed by atoms with Crippen molar-refractivity contribution in [1.29, 1.82) is 0 Å². The Morgan fingerprint density at radius 1 is 1.14 bits per heavy atom. The summed E-state index contributed by atoms with van der Waals surface area (Å²) in [5.74, 6) is 3.72. The van der Waals surface area contributed by atoms with Crippen molar-refractivity contribution in [2.24, 2.45) is 0 Å². The molecule has 2 N–H and O–H groups in total. The zero-order chi connectivity index (χ0) is 14.1. The summed E-state index contributed by atoms with van der Waals surface area (Å²) in [6.45, 7) is 3.45. The summed E-state index contributed by atoms with van der Waals surface area (Å²) in [5, 5.41) is 3.30. The van der Waals surface area contributed by atoms with E-state index in [-0.39, 0.29) is 0 Å². The number of ether oxygens (including phenoxy) is 1. The molecule has 1 fully saturated rings. The van der Waals surface area contributed by atoms with Gasteiger partial charge in [-0.15, -0.1) is 0 Å². The highest BCUT2D eigenvalue weighted by Crippen LogP contribution is 2.37. The van der Waals surface area contributed by atoms with Crippen molar-refractivity contribution in [1.82, 2.24) is 19.9 Å². The molecular weight excluding hydrogens is 268 g/mol. The molecule has 7 heteroatoms. The maximum absolute atomic E-state index is 5.82. The largest absolute Gasteiger partial charge is 0.485 e. The Hall–Kier alpha value is -2.31. The van der Waals surface area contributed by atoms with Crippen molar-refractivity contribution >= 4 is 11.6 Å². The van der Waals surface area contributed by atoms with E-state index in [9.17, 15) is 0 Å². The van der Waals surface area contributed by atoms with E-state index in [4.69, 9.17) is 9.72 Å². The second-order valence-corrected chi connectivity index (χ2v) is 5.31. The Bertz CT molecular complexity index is 621. The SMILES string of the molecule is c1c[nH]c(-c2nc3c(c(N4CCCCC4)n2)OCCN3)n1. The van der Waals surface area contributed by atoms with Crippen LogP contribution in [0.15, 0.2) is 12.4 Å². The molecule has 0 saturated carbocycles. The van der Waals surface area contributed by atoms with Crippen molar-refractivity contribution in [2.75, 3.05) is 36.5 Å². The van der Waals surface area contributed by atoms with Crippen molar-refractivity contribution in [3.05, 3.63) is 12.4 Å². The molecule has 0 aromatic carbocycles. The van der Waals surface area contributed by atoms with Gasteiger partial charge in [0.05, 0.1) is 6.54 Å². The molecule has 2 aliphatic heterocycles. The maximum atomic E-state index is 5.82. The topological polar surface area (TPSA) is 79.0 Å². The van der Waals surface area contributed by atoms with Gasteiger partial charge in [0, 0.05) is 25.5 Å². The van der Waals surface area contributed by atoms with Crippen LogP contribution in [0.1, 0.15) is 19.3 Å². The van der Waals surface area contributed by atoms with Gasteiger partial charge in [-0.05, 0) is 19.3 Å². The van der Waals surface area contributed by atoms with Crippen molar-refractivity contribution in [3.8, 4) is 17.4 Å².